The van der Waals surface area contributed by atoms with E-state index in [1.165, 1.54) is 17.8 Å². The molecule has 1 aromatic heterocycles. The Morgan fingerprint density at radius 2 is 1.83 bits per heavy atom. The molecule has 0 bridgehead atoms. The summed E-state index contributed by atoms with van der Waals surface area (Å²) in [4.78, 5) is 0. The zero-order valence-corrected chi connectivity index (χ0v) is 17.4. The molecular weight excluding hydrogens is 415 g/mol. The maximum atomic E-state index is 13.8. The average molecular weight is 437 g/mol. The molecule has 2 aromatic carbocycles. The van der Waals surface area contributed by atoms with Crippen LogP contribution in [0.5, 0.6) is 5.75 Å². The topological polar surface area (TPSA) is 86.1 Å². The molecule has 0 aliphatic rings. The molecule has 0 aliphatic carbocycles. The standard InChI is InChI=1S/C19H21FN4O3S2/c1-29(25,26)21-12-7-13-28-19-23-22-18(24(19)15-8-3-2-4-9-15)14-27-17-11-6-5-10-16(17)20/h2-6,8-11,21H,7,12-14H2,1H3. The SMILES string of the molecule is CS(=O)(=O)NCCCSc1nnc(COc2ccccc2F)n1-c1ccccc1. The number of ether oxygens (including phenoxy) is 1. The summed E-state index contributed by atoms with van der Waals surface area (Å²) in [6.45, 7) is 0.410. The van der Waals surface area contributed by atoms with Crippen LogP contribution < -0.4 is 9.46 Å². The maximum Gasteiger partial charge on any atom is 0.208 e. The monoisotopic (exact) mass is 436 g/mol. The number of para-hydroxylation sites is 2. The van der Waals surface area contributed by atoms with E-state index >= 15 is 0 Å². The van der Waals surface area contributed by atoms with Crippen LogP contribution >= 0.6 is 11.8 Å². The molecule has 0 saturated carbocycles. The van der Waals surface area contributed by atoms with Crippen LogP contribution in [0.4, 0.5) is 4.39 Å². The molecule has 7 nitrogen and oxygen atoms in total. The molecule has 3 rings (SSSR count). The Morgan fingerprint density at radius 3 is 2.55 bits per heavy atom. The van der Waals surface area contributed by atoms with Crippen molar-refractivity contribution in [1.29, 1.82) is 0 Å². The lowest BCUT2D eigenvalue weighted by Gasteiger charge is -2.11. The van der Waals surface area contributed by atoms with Crippen LogP contribution in [0, 0.1) is 5.82 Å². The van der Waals surface area contributed by atoms with Gasteiger partial charge in [0.1, 0.15) is 6.61 Å². The normalized spacial score (nSPS) is 11.5. The number of nitrogens with one attached hydrogen (secondary N) is 1. The van der Waals surface area contributed by atoms with Crippen LogP contribution in [0.15, 0.2) is 59.8 Å². The van der Waals surface area contributed by atoms with E-state index in [-0.39, 0.29) is 12.4 Å². The highest BCUT2D eigenvalue weighted by atomic mass is 32.2. The molecule has 0 saturated heterocycles. The van der Waals surface area contributed by atoms with Crippen LogP contribution in [-0.4, -0.2) is 41.7 Å². The van der Waals surface area contributed by atoms with Crippen molar-refractivity contribution in [3.05, 3.63) is 66.2 Å². The fourth-order valence-electron chi connectivity index (χ4n) is 2.52. The summed E-state index contributed by atoms with van der Waals surface area (Å²) in [6, 6.07) is 15.8. The second-order valence-electron chi connectivity index (χ2n) is 6.16. The zero-order chi connectivity index (χ0) is 20.7. The van der Waals surface area contributed by atoms with Gasteiger partial charge in [0.2, 0.25) is 10.0 Å². The number of sulfonamides is 1. The first-order chi connectivity index (χ1) is 13.9. The molecule has 0 fully saturated rings. The molecule has 29 heavy (non-hydrogen) atoms. The summed E-state index contributed by atoms with van der Waals surface area (Å²) < 4.78 is 46.0. The Balaban J connectivity index is 1.72. The Morgan fingerprint density at radius 1 is 1.10 bits per heavy atom. The van der Waals surface area contributed by atoms with Gasteiger partial charge in [0, 0.05) is 18.0 Å². The largest absolute Gasteiger partial charge is 0.483 e. The highest BCUT2D eigenvalue weighted by Crippen LogP contribution is 2.24. The predicted molar refractivity (Wildman–Crippen MR) is 110 cm³/mol. The number of halogens is 1. The van der Waals surface area contributed by atoms with Gasteiger partial charge in [-0.2, -0.15) is 0 Å². The van der Waals surface area contributed by atoms with Crippen LogP contribution in [0.3, 0.4) is 0 Å². The predicted octanol–water partition coefficient (Wildman–Crippen LogP) is 3.02. The molecule has 3 aromatic rings. The molecule has 0 amide bonds. The maximum absolute atomic E-state index is 13.8. The third-order valence-electron chi connectivity index (χ3n) is 3.82. The summed E-state index contributed by atoms with van der Waals surface area (Å²) in [5.74, 6) is 0.903. The summed E-state index contributed by atoms with van der Waals surface area (Å²) in [7, 11) is -3.19. The van der Waals surface area contributed by atoms with Crippen LogP contribution in [0.1, 0.15) is 12.2 Å². The number of aromatic nitrogens is 3. The van der Waals surface area contributed by atoms with Crippen molar-refractivity contribution in [3.8, 4) is 11.4 Å². The zero-order valence-electron chi connectivity index (χ0n) is 15.8. The fraction of sp³-hybridized carbons (Fsp3) is 0.263. The molecule has 0 spiro atoms. The van der Waals surface area contributed by atoms with Crippen molar-refractivity contribution in [2.24, 2.45) is 0 Å². The van der Waals surface area contributed by atoms with E-state index < -0.39 is 15.8 Å². The van der Waals surface area contributed by atoms with Crippen molar-refractivity contribution in [3.63, 3.8) is 0 Å². The number of benzene rings is 2. The van der Waals surface area contributed by atoms with Crippen LogP contribution in [0.25, 0.3) is 5.69 Å². The van der Waals surface area contributed by atoms with E-state index in [0.717, 1.165) is 11.9 Å². The highest BCUT2D eigenvalue weighted by Gasteiger charge is 2.15. The van der Waals surface area contributed by atoms with Crippen molar-refractivity contribution < 1.29 is 17.5 Å². The van der Waals surface area contributed by atoms with Gasteiger partial charge in [-0.25, -0.2) is 17.5 Å². The lowest BCUT2D eigenvalue weighted by atomic mass is 10.3. The van der Waals surface area contributed by atoms with Gasteiger partial charge >= 0.3 is 0 Å². The molecule has 0 unspecified atom stereocenters. The highest BCUT2D eigenvalue weighted by molar-refractivity contribution is 7.99. The second kappa shape index (κ2) is 9.86. The Hall–Kier alpha value is -2.43. The van der Waals surface area contributed by atoms with E-state index in [4.69, 9.17) is 4.74 Å². The molecule has 1 heterocycles. The Kier molecular flexibility index (Phi) is 7.24. The summed E-state index contributed by atoms with van der Waals surface area (Å²) >= 11 is 1.46. The van der Waals surface area contributed by atoms with Gasteiger partial charge in [0.25, 0.3) is 0 Å². The quantitative estimate of drug-likeness (QED) is 0.388. The fourth-order valence-corrected chi connectivity index (χ4v) is 3.95. The van der Waals surface area contributed by atoms with Crippen molar-refractivity contribution in [2.45, 2.75) is 18.2 Å². The Bertz CT molecular complexity index is 1040. The molecular formula is C19H21FN4O3S2. The minimum atomic E-state index is -3.19. The lowest BCUT2D eigenvalue weighted by molar-refractivity contribution is 0.278. The van der Waals surface area contributed by atoms with Gasteiger partial charge in [0.05, 0.1) is 6.26 Å². The summed E-state index contributed by atoms with van der Waals surface area (Å²) in [5.41, 5.74) is 0.862. The number of nitrogens with zero attached hydrogens (tertiary/aromatic N) is 3. The summed E-state index contributed by atoms with van der Waals surface area (Å²) in [6.07, 6.45) is 1.77. The molecule has 0 radical (unpaired) electrons. The van der Waals surface area contributed by atoms with Gasteiger partial charge in [0.15, 0.2) is 22.5 Å². The first-order valence-electron chi connectivity index (χ1n) is 8.88. The first kappa shape index (κ1) is 21.3. The minimum Gasteiger partial charge on any atom is -0.483 e. The van der Waals surface area contributed by atoms with E-state index in [1.54, 1.807) is 18.2 Å². The number of thioether (sulfide) groups is 1. The van der Waals surface area contributed by atoms with Crippen LogP contribution in [-0.2, 0) is 16.6 Å². The van der Waals surface area contributed by atoms with Gasteiger partial charge in [-0.15, -0.1) is 10.2 Å². The third kappa shape index (κ3) is 6.28. The van der Waals surface area contributed by atoms with Gasteiger partial charge in [-0.3, -0.25) is 4.57 Å². The average Bonchev–Trinajstić information content (AvgIpc) is 3.09. The van der Waals surface area contributed by atoms with Crippen LogP contribution in [0.2, 0.25) is 0 Å². The molecule has 154 valence electrons. The minimum absolute atomic E-state index is 0.0546. The van der Waals surface area contributed by atoms with Gasteiger partial charge < -0.3 is 4.74 Å². The summed E-state index contributed by atoms with van der Waals surface area (Å²) in [5, 5.41) is 9.10. The van der Waals surface area contributed by atoms with Crippen molar-refractivity contribution in [2.75, 3.05) is 18.6 Å². The van der Waals surface area contributed by atoms with Crippen molar-refractivity contribution in [1.82, 2.24) is 19.5 Å². The number of hydrogen-bond acceptors (Lipinski definition) is 6. The molecule has 10 heteroatoms. The Labute approximate surface area is 173 Å². The molecule has 0 atom stereocenters. The molecule has 0 aliphatic heterocycles. The van der Waals surface area contributed by atoms with E-state index in [1.807, 2.05) is 34.9 Å². The molecule has 1 N–H and O–H groups in total. The number of hydrogen-bond donors (Lipinski definition) is 1. The lowest BCUT2D eigenvalue weighted by Crippen LogP contribution is -2.23. The van der Waals surface area contributed by atoms with E-state index in [2.05, 4.69) is 14.9 Å². The number of rotatable bonds is 10. The van der Waals surface area contributed by atoms with Gasteiger partial charge in [-0.1, -0.05) is 42.1 Å². The van der Waals surface area contributed by atoms with Crippen molar-refractivity contribution >= 4 is 21.8 Å². The third-order valence-corrected chi connectivity index (χ3v) is 5.57. The van der Waals surface area contributed by atoms with Gasteiger partial charge in [-0.05, 0) is 30.7 Å². The second-order valence-corrected chi connectivity index (χ2v) is 9.05. The van der Waals surface area contributed by atoms with E-state index in [9.17, 15) is 12.8 Å². The smallest absolute Gasteiger partial charge is 0.208 e. The van der Waals surface area contributed by atoms with E-state index in [0.29, 0.717) is 29.7 Å². The first-order valence-corrected chi connectivity index (χ1v) is 11.8.